The second-order valence-corrected chi connectivity index (χ2v) is 12.7. The largest absolute Gasteiger partial charge is 0.382 e. The van der Waals surface area contributed by atoms with Crippen LogP contribution in [0.5, 0.6) is 0 Å². The summed E-state index contributed by atoms with van der Waals surface area (Å²) >= 11 is 1.54. The first-order valence-corrected chi connectivity index (χ1v) is 16.8. The molecule has 222 valence electrons. The van der Waals surface area contributed by atoms with Gasteiger partial charge in [-0.3, -0.25) is 0 Å². The van der Waals surface area contributed by atoms with Crippen LogP contribution in [0.3, 0.4) is 0 Å². The number of aliphatic hydroxyl groups is 1. The number of carbonyl (C=O) groups is 1. The Morgan fingerprint density at radius 3 is 2.33 bits per heavy atom. The van der Waals surface area contributed by atoms with Crippen molar-refractivity contribution in [3.8, 4) is 11.1 Å². The quantitative estimate of drug-likeness (QED) is 0.154. The first-order valence-electron chi connectivity index (χ1n) is 14.1. The van der Waals surface area contributed by atoms with E-state index in [1.165, 1.54) is 17.8 Å². The van der Waals surface area contributed by atoms with Crippen molar-refractivity contribution in [2.45, 2.75) is 68.1 Å². The van der Waals surface area contributed by atoms with E-state index in [4.69, 9.17) is 4.98 Å². The summed E-state index contributed by atoms with van der Waals surface area (Å²) in [5.41, 5.74) is 2.03. The summed E-state index contributed by atoms with van der Waals surface area (Å²) in [4.78, 5) is 17.2. The number of unbranched alkanes of at least 4 members (excludes halogenated alkanes) is 1. The average molecular weight is 607 g/mol. The Morgan fingerprint density at radius 1 is 0.976 bits per heavy atom. The van der Waals surface area contributed by atoms with Gasteiger partial charge in [-0.2, -0.15) is 0 Å². The lowest BCUT2D eigenvalue weighted by atomic mass is 9.92. The lowest BCUT2D eigenvalue weighted by Gasteiger charge is -2.27. The summed E-state index contributed by atoms with van der Waals surface area (Å²) in [6.45, 7) is 4.81. The van der Waals surface area contributed by atoms with Gasteiger partial charge in [0.05, 0.1) is 4.90 Å². The fourth-order valence-corrected chi connectivity index (χ4v) is 6.38. The molecule has 3 N–H and O–H groups in total. The second-order valence-electron chi connectivity index (χ2n) is 10.2. The van der Waals surface area contributed by atoms with Crippen LogP contribution in [-0.2, 0) is 28.7 Å². The normalized spacial score (nSPS) is 13.0. The number of carbonyl (C=O) groups excluding carboxylic acids is 1. The molecular formula is C32H38N4O4S2. The number of sulfonamides is 1. The molecule has 0 saturated carbocycles. The summed E-state index contributed by atoms with van der Waals surface area (Å²) in [6, 6.07) is 22.7. The van der Waals surface area contributed by atoms with Crippen LogP contribution in [0.15, 0.2) is 95.0 Å². The van der Waals surface area contributed by atoms with Gasteiger partial charge in [0.1, 0.15) is 16.5 Å². The zero-order valence-electron chi connectivity index (χ0n) is 24.2. The number of urea groups is 1. The Morgan fingerprint density at radius 2 is 1.67 bits per heavy atom. The molecular weight excluding hydrogens is 569 g/mol. The van der Waals surface area contributed by atoms with Crippen LogP contribution < -0.4 is 10.0 Å². The predicted molar refractivity (Wildman–Crippen MR) is 168 cm³/mol. The number of nitrogens with zero attached hydrogens (tertiary/aromatic N) is 2. The molecule has 42 heavy (non-hydrogen) atoms. The summed E-state index contributed by atoms with van der Waals surface area (Å²) in [6.07, 6.45) is 7.05. The van der Waals surface area contributed by atoms with Crippen molar-refractivity contribution >= 4 is 27.8 Å². The molecule has 0 radical (unpaired) electrons. The van der Waals surface area contributed by atoms with E-state index in [0.29, 0.717) is 36.3 Å². The van der Waals surface area contributed by atoms with Crippen molar-refractivity contribution in [3.05, 3.63) is 102 Å². The van der Waals surface area contributed by atoms with Gasteiger partial charge in [-0.25, -0.2) is 22.9 Å². The molecule has 10 heteroatoms. The first-order chi connectivity index (χ1) is 20.2. The third-order valence-corrected chi connectivity index (χ3v) is 9.23. The number of benzene rings is 3. The lowest BCUT2D eigenvalue weighted by molar-refractivity contribution is 0.00905. The predicted octanol–water partition coefficient (Wildman–Crippen LogP) is 6.30. The lowest BCUT2D eigenvalue weighted by Crippen LogP contribution is -2.39. The Bertz CT molecular complexity index is 1590. The van der Waals surface area contributed by atoms with Crippen LogP contribution >= 0.6 is 11.8 Å². The Balaban J connectivity index is 1.53. The molecule has 0 saturated heterocycles. The van der Waals surface area contributed by atoms with Gasteiger partial charge in [0, 0.05) is 24.8 Å². The van der Waals surface area contributed by atoms with Gasteiger partial charge in [0.2, 0.25) is 0 Å². The average Bonchev–Trinajstić information content (AvgIpc) is 3.43. The van der Waals surface area contributed by atoms with E-state index in [9.17, 15) is 18.3 Å². The summed E-state index contributed by atoms with van der Waals surface area (Å²) < 4.78 is 30.6. The molecule has 1 aromatic heterocycles. The second kappa shape index (κ2) is 14.0. The van der Waals surface area contributed by atoms with Crippen LogP contribution in [0.25, 0.3) is 11.1 Å². The minimum atomic E-state index is -4.14. The Labute approximate surface area is 252 Å². The van der Waals surface area contributed by atoms with Gasteiger partial charge >= 0.3 is 6.03 Å². The van der Waals surface area contributed by atoms with Gasteiger partial charge in [-0.05, 0) is 41.9 Å². The molecule has 4 rings (SSSR count). The zero-order chi connectivity index (χ0) is 30.2. The van der Waals surface area contributed by atoms with Crippen LogP contribution in [0.1, 0.15) is 56.5 Å². The topological polar surface area (TPSA) is 113 Å². The molecule has 0 spiro atoms. The molecule has 0 aliphatic carbocycles. The zero-order valence-corrected chi connectivity index (χ0v) is 25.8. The summed E-state index contributed by atoms with van der Waals surface area (Å²) in [5, 5.41) is 14.9. The summed E-state index contributed by atoms with van der Waals surface area (Å²) in [5.74, 6) is 0.667. The van der Waals surface area contributed by atoms with Crippen molar-refractivity contribution in [3.63, 3.8) is 0 Å². The van der Waals surface area contributed by atoms with Crippen LogP contribution in [0.4, 0.5) is 4.79 Å². The van der Waals surface area contributed by atoms with Crippen LogP contribution in [0.2, 0.25) is 0 Å². The fraction of sp³-hybridized carbons (Fsp3) is 0.312. The van der Waals surface area contributed by atoms with E-state index in [-0.39, 0.29) is 11.4 Å². The van der Waals surface area contributed by atoms with Gasteiger partial charge in [0.25, 0.3) is 10.0 Å². The maximum atomic E-state index is 13.2. The number of imidazole rings is 1. The number of hydrogen-bond acceptors (Lipinski definition) is 6. The number of thioether (sulfide) groups is 1. The highest BCUT2D eigenvalue weighted by Gasteiger charge is 2.32. The van der Waals surface area contributed by atoms with Gasteiger partial charge in [0.15, 0.2) is 0 Å². The molecule has 2 amide bonds. The van der Waals surface area contributed by atoms with Crippen LogP contribution in [-0.4, -0.2) is 35.4 Å². The fourth-order valence-electron chi connectivity index (χ4n) is 4.82. The highest BCUT2D eigenvalue weighted by molar-refractivity contribution is 7.98. The molecule has 8 nitrogen and oxygen atoms in total. The first kappa shape index (κ1) is 31.3. The molecule has 3 aromatic carbocycles. The molecule has 1 heterocycles. The standard InChI is InChI=1S/C32H38N4O4S2/c1-4-6-20-32(38,5-2)30-34-29(41-3)23-36(30)22-25-16-18-26(19-17-25)27-14-10-11-15-28(27)42(39,40)35-31(37)33-21-24-12-8-7-9-13-24/h7-19,23,38H,4-6,20-22H2,1-3H3,(H2,33,35,37). The maximum absolute atomic E-state index is 13.2. The van der Waals surface area contributed by atoms with Crippen molar-refractivity contribution in [1.29, 1.82) is 0 Å². The Kier molecular flexibility index (Phi) is 10.5. The minimum Gasteiger partial charge on any atom is -0.382 e. The smallest absolute Gasteiger partial charge is 0.328 e. The van der Waals surface area contributed by atoms with Crippen molar-refractivity contribution in [2.24, 2.45) is 0 Å². The van der Waals surface area contributed by atoms with E-state index < -0.39 is 21.7 Å². The monoisotopic (exact) mass is 606 g/mol. The molecule has 0 aliphatic heterocycles. The van der Waals surface area contributed by atoms with E-state index >= 15 is 0 Å². The third-order valence-electron chi connectivity index (χ3n) is 7.23. The SMILES string of the molecule is CCCCC(O)(CC)c1nc(SC)cn1Cc1ccc(-c2ccccc2S(=O)(=O)NC(=O)NCc2ccccc2)cc1. The number of aromatic nitrogens is 2. The number of rotatable bonds is 13. The number of amides is 2. The molecule has 1 atom stereocenters. The molecule has 4 aromatic rings. The van der Waals surface area contributed by atoms with E-state index in [1.807, 2.05) is 78.5 Å². The number of hydrogen-bond donors (Lipinski definition) is 3. The Hall–Kier alpha value is -3.60. The van der Waals surface area contributed by atoms with Crippen molar-refractivity contribution in [1.82, 2.24) is 19.6 Å². The van der Waals surface area contributed by atoms with Gasteiger partial charge in [-0.1, -0.05) is 99.5 Å². The highest BCUT2D eigenvalue weighted by atomic mass is 32.2. The van der Waals surface area contributed by atoms with Gasteiger partial charge < -0.3 is 15.0 Å². The molecule has 1 unspecified atom stereocenters. The van der Waals surface area contributed by atoms with Crippen LogP contribution in [0, 0.1) is 0 Å². The highest BCUT2D eigenvalue weighted by Crippen LogP contribution is 2.33. The minimum absolute atomic E-state index is 0.0121. The molecule has 0 fully saturated rings. The maximum Gasteiger partial charge on any atom is 0.328 e. The third kappa shape index (κ3) is 7.61. The van der Waals surface area contributed by atoms with E-state index in [1.54, 1.807) is 18.2 Å². The summed E-state index contributed by atoms with van der Waals surface area (Å²) in [7, 11) is -4.14. The molecule has 0 aliphatic rings. The van der Waals surface area contributed by atoms with E-state index in [0.717, 1.165) is 29.0 Å². The van der Waals surface area contributed by atoms with E-state index in [2.05, 4.69) is 17.0 Å². The van der Waals surface area contributed by atoms with Gasteiger partial charge in [-0.15, -0.1) is 11.8 Å². The van der Waals surface area contributed by atoms with Crippen molar-refractivity contribution < 1.29 is 18.3 Å². The van der Waals surface area contributed by atoms with Crippen molar-refractivity contribution in [2.75, 3.05) is 6.26 Å². The molecule has 0 bridgehead atoms. The number of nitrogens with one attached hydrogen (secondary N) is 2.